The largest absolute Gasteiger partial charge is 0.444 e. The molecule has 21 heavy (non-hydrogen) atoms. The first-order valence-corrected chi connectivity index (χ1v) is 8.11. The molecule has 1 N–H and O–H groups in total. The monoisotopic (exact) mass is 296 g/mol. The Morgan fingerprint density at radius 3 is 2.67 bits per heavy atom. The zero-order chi connectivity index (χ0) is 16.0. The normalized spacial score (nSPS) is 22.5. The SMILES string of the molecule is C=CC(C)NC(C)CC1CCCCN1C(=O)OC(C)(C)C. The third-order valence-corrected chi connectivity index (χ3v) is 3.78. The van der Waals surface area contributed by atoms with Crippen molar-refractivity contribution in [2.75, 3.05) is 6.54 Å². The molecular formula is C17H32N2O2. The molecule has 0 aliphatic carbocycles. The number of hydrogen-bond donors (Lipinski definition) is 1. The van der Waals surface area contributed by atoms with Gasteiger partial charge in [-0.05, 0) is 60.3 Å². The average Bonchev–Trinajstić information content (AvgIpc) is 2.36. The Balaban J connectivity index is 2.60. The van der Waals surface area contributed by atoms with Crippen molar-refractivity contribution in [3.63, 3.8) is 0 Å². The molecule has 0 saturated carbocycles. The van der Waals surface area contributed by atoms with E-state index in [0.29, 0.717) is 12.1 Å². The maximum absolute atomic E-state index is 12.4. The van der Waals surface area contributed by atoms with E-state index in [9.17, 15) is 4.79 Å². The fraction of sp³-hybridized carbons (Fsp3) is 0.824. The summed E-state index contributed by atoms with van der Waals surface area (Å²) in [5.41, 5.74) is -0.430. The lowest BCUT2D eigenvalue weighted by atomic mass is 9.96. The van der Waals surface area contributed by atoms with Crippen LogP contribution in [0, 0.1) is 0 Å². The molecule has 1 aliphatic heterocycles. The number of nitrogens with zero attached hydrogens (tertiary/aromatic N) is 1. The number of carbonyl (C=O) groups is 1. The zero-order valence-corrected chi connectivity index (χ0v) is 14.3. The molecule has 0 aromatic heterocycles. The summed E-state index contributed by atoms with van der Waals surface area (Å²) in [7, 11) is 0. The topological polar surface area (TPSA) is 41.6 Å². The third kappa shape index (κ3) is 6.51. The predicted octanol–water partition coefficient (Wildman–Crippen LogP) is 3.72. The van der Waals surface area contributed by atoms with Crippen LogP contribution in [0.3, 0.4) is 0 Å². The third-order valence-electron chi connectivity index (χ3n) is 3.78. The van der Waals surface area contributed by atoms with Gasteiger partial charge in [0.2, 0.25) is 0 Å². The van der Waals surface area contributed by atoms with Gasteiger partial charge in [-0.15, -0.1) is 6.58 Å². The van der Waals surface area contributed by atoms with Crippen LogP contribution in [-0.2, 0) is 4.74 Å². The number of piperidine rings is 1. The van der Waals surface area contributed by atoms with Crippen molar-refractivity contribution in [3.05, 3.63) is 12.7 Å². The summed E-state index contributed by atoms with van der Waals surface area (Å²) in [4.78, 5) is 14.3. The molecule has 4 nitrogen and oxygen atoms in total. The first-order chi connectivity index (χ1) is 9.73. The molecule has 0 radical (unpaired) electrons. The van der Waals surface area contributed by atoms with Gasteiger partial charge in [0, 0.05) is 24.7 Å². The molecule has 0 bridgehead atoms. The van der Waals surface area contributed by atoms with Crippen molar-refractivity contribution in [1.82, 2.24) is 10.2 Å². The van der Waals surface area contributed by atoms with Crippen LogP contribution in [0.25, 0.3) is 0 Å². The number of nitrogens with one attached hydrogen (secondary N) is 1. The Hall–Kier alpha value is -1.03. The van der Waals surface area contributed by atoms with Gasteiger partial charge in [-0.25, -0.2) is 4.79 Å². The van der Waals surface area contributed by atoms with E-state index in [1.165, 1.54) is 6.42 Å². The Morgan fingerprint density at radius 1 is 1.43 bits per heavy atom. The molecule has 0 aromatic carbocycles. The van der Waals surface area contributed by atoms with E-state index in [1.54, 1.807) is 0 Å². The van der Waals surface area contributed by atoms with E-state index in [-0.39, 0.29) is 12.1 Å². The molecule has 1 rings (SSSR count). The van der Waals surface area contributed by atoms with E-state index in [2.05, 4.69) is 25.7 Å². The highest BCUT2D eigenvalue weighted by atomic mass is 16.6. The predicted molar refractivity (Wildman–Crippen MR) is 87.5 cm³/mol. The molecule has 122 valence electrons. The second kappa shape index (κ2) is 7.83. The Labute approximate surface area is 129 Å². The minimum absolute atomic E-state index is 0.170. The van der Waals surface area contributed by atoms with Crippen LogP contribution in [0.2, 0.25) is 0 Å². The molecule has 1 fully saturated rings. The summed E-state index contributed by atoms with van der Waals surface area (Å²) < 4.78 is 5.54. The van der Waals surface area contributed by atoms with E-state index >= 15 is 0 Å². The van der Waals surface area contributed by atoms with Gasteiger partial charge in [0.05, 0.1) is 0 Å². The molecule has 1 heterocycles. The molecule has 1 amide bonds. The van der Waals surface area contributed by atoms with Gasteiger partial charge in [-0.2, -0.15) is 0 Å². The summed E-state index contributed by atoms with van der Waals surface area (Å²) in [6.07, 6.45) is 6.01. The lowest BCUT2D eigenvalue weighted by Crippen LogP contribution is -2.48. The maximum atomic E-state index is 12.4. The van der Waals surface area contributed by atoms with Gasteiger partial charge < -0.3 is 15.0 Å². The van der Waals surface area contributed by atoms with Gasteiger partial charge in [0.1, 0.15) is 5.60 Å². The highest BCUT2D eigenvalue weighted by molar-refractivity contribution is 5.68. The standard InChI is InChI=1S/C17H32N2O2/c1-7-13(2)18-14(3)12-15-10-8-9-11-19(15)16(20)21-17(4,5)6/h7,13-15,18H,1,8-12H2,2-6H3. The molecule has 3 atom stereocenters. The molecule has 3 unspecified atom stereocenters. The van der Waals surface area contributed by atoms with Gasteiger partial charge in [-0.3, -0.25) is 0 Å². The van der Waals surface area contributed by atoms with Crippen LogP contribution in [-0.4, -0.2) is 41.3 Å². The van der Waals surface area contributed by atoms with Crippen LogP contribution >= 0.6 is 0 Å². The first kappa shape index (κ1) is 18.0. The lowest BCUT2D eigenvalue weighted by molar-refractivity contribution is 0.00787. The second-order valence-electron chi connectivity index (χ2n) is 7.15. The zero-order valence-electron chi connectivity index (χ0n) is 14.3. The molecular weight excluding hydrogens is 264 g/mol. The minimum Gasteiger partial charge on any atom is -0.444 e. The van der Waals surface area contributed by atoms with Gasteiger partial charge in [0.25, 0.3) is 0 Å². The van der Waals surface area contributed by atoms with Gasteiger partial charge >= 0.3 is 6.09 Å². The maximum Gasteiger partial charge on any atom is 0.410 e. The van der Waals surface area contributed by atoms with E-state index in [0.717, 1.165) is 25.8 Å². The number of ether oxygens (including phenoxy) is 1. The number of carbonyl (C=O) groups excluding carboxylic acids is 1. The first-order valence-electron chi connectivity index (χ1n) is 8.11. The Bertz CT molecular complexity index is 349. The molecule has 1 aliphatic rings. The summed E-state index contributed by atoms with van der Waals surface area (Å²) in [6.45, 7) is 14.6. The fourth-order valence-electron chi connectivity index (χ4n) is 2.80. The van der Waals surface area contributed by atoms with Crippen LogP contribution in [0.15, 0.2) is 12.7 Å². The smallest absolute Gasteiger partial charge is 0.410 e. The lowest BCUT2D eigenvalue weighted by Gasteiger charge is -2.38. The highest BCUT2D eigenvalue weighted by Crippen LogP contribution is 2.23. The van der Waals surface area contributed by atoms with Crippen molar-refractivity contribution in [1.29, 1.82) is 0 Å². The van der Waals surface area contributed by atoms with Crippen LogP contribution in [0.1, 0.15) is 60.3 Å². The van der Waals surface area contributed by atoms with Crippen molar-refractivity contribution in [2.24, 2.45) is 0 Å². The van der Waals surface area contributed by atoms with Crippen molar-refractivity contribution < 1.29 is 9.53 Å². The molecule has 1 saturated heterocycles. The van der Waals surface area contributed by atoms with E-state index < -0.39 is 5.60 Å². The Morgan fingerprint density at radius 2 is 2.10 bits per heavy atom. The minimum atomic E-state index is -0.430. The number of amides is 1. The summed E-state index contributed by atoms with van der Waals surface area (Å²) >= 11 is 0. The van der Waals surface area contributed by atoms with Crippen molar-refractivity contribution in [3.8, 4) is 0 Å². The summed E-state index contributed by atoms with van der Waals surface area (Å²) in [6, 6.07) is 0.915. The number of hydrogen-bond acceptors (Lipinski definition) is 3. The van der Waals surface area contributed by atoms with Crippen LogP contribution in [0.5, 0.6) is 0 Å². The average molecular weight is 296 g/mol. The van der Waals surface area contributed by atoms with E-state index in [4.69, 9.17) is 4.74 Å². The molecule has 0 spiro atoms. The Kier molecular flexibility index (Phi) is 6.72. The quantitative estimate of drug-likeness (QED) is 0.786. The summed E-state index contributed by atoms with van der Waals surface area (Å²) in [5, 5.41) is 3.49. The second-order valence-corrected chi connectivity index (χ2v) is 7.15. The molecule has 0 aromatic rings. The van der Waals surface area contributed by atoms with Gasteiger partial charge in [-0.1, -0.05) is 6.08 Å². The van der Waals surface area contributed by atoms with Crippen molar-refractivity contribution >= 4 is 6.09 Å². The van der Waals surface area contributed by atoms with Gasteiger partial charge in [0.15, 0.2) is 0 Å². The van der Waals surface area contributed by atoms with E-state index in [1.807, 2.05) is 31.7 Å². The highest BCUT2D eigenvalue weighted by Gasteiger charge is 2.31. The summed E-state index contributed by atoms with van der Waals surface area (Å²) in [5.74, 6) is 0. The fourth-order valence-corrected chi connectivity index (χ4v) is 2.80. The van der Waals surface area contributed by atoms with Crippen LogP contribution < -0.4 is 5.32 Å². The number of likely N-dealkylation sites (tertiary alicyclic amines) is 1. The van der Waals surface area contributed by atoms with Crippen molar-refractivity contribution in [2.45, 2.75) is 84.0 Å². The van der Waals surface area contributed by atoms with Crippen LogP contribution in [0.4, 0.5) is 4.79 Å². The number of rotatable bonds is 5. The molecule has 4 heteroatoms.